The average molecular weight is 266 g/mol. The van der Waals surface area contributed by atoms with Gasteiger partial charge in [0.1, 0.15) is 11.3 Å². The predicted molar refractivity (Wildman–Crippen MR) is 80.0 cm³/mol. The number of allylic oxidation sites excluding steroid dienone is 4. The van der Waals surface area contributed by atoms with Gasteiger partial charge >= 0.3 is 0 Å². The Bertz CT molecular complexity index is 707. The molecule has 0 saturated heterocycles. The number of imidazole rings is 1. The second kappa shape index (κ2) is 5.45. The van der Waals surface area contributed by atoms with Crippen molar-refractivity contribution in [1.82, 2.24) is 9.38 Å². The number of rotatable bonds is 4. The number of pyridine rings is 1. The molecule has 2 heterocycles. The van der Waals surface area contributed by atoms with Crippen LogP contribution in [0.3, 0.4) is 0 Å². The van der Waals surface area contributed by atoms with Crippen LogP contribution in [-0.4, -0.2) is 15.2 Å². The van der Waals surface area contributed by atoms with Crippen molar-refractivity contribution in [2.75, 3.05) is 0 Å². The highest BCUT2D eigenvalue weighted by molar-refractivity contribution is 5.94. The third kappa shape index (κ3) is 2.44. The Morgan fingerprint density at radius 3 is 3.00 bits per heavy atom. The summed E-state index contributed by atoms with van der Waals surface area (Å²) >= 11 is 0. The van der Waals surface area contributed by atoms with Crippen LogP contribution >= 0.6 is 0 Å². The summed E-state index contributed by atoms with van der Waals surface area (Å²) in [4.78, 5) is 16.2. The maximum absolute atomic E-state index is 11.8. The molecule has 0 fully saturated rings. The molecule has 0 aromatic carbocycles. The number of carbonyl (C=O) groups excluding carboxylic acids is 1. The molecule has 0 unspecified atom stereocenters. The lowest BCUT2D eigenvalue weighted by molar-refractivity contribution is 0.101. The normalized spacial score (nSPS) is 14.6. The lowest BCUT2D eigenvalue weighted by Gasteiger charge is -2.09. The van der Waals surface area contributed by atoms with Gasteiger partial charge in [-0.3, -0.25) is 4.79 Å². The van der Waals surface area contributed by atoms with Crippen molar-refractivity contribution in [2.45, 2.75) is 32.6 Å². The Kier molecular flexibility index (Phi) is 3.50. The van der Waals surface area contributed by atoms with Gasteiger partial charge in [-0.05, 0) is 37.8 Å². The van der Waals surface area contributed by atoms with E-state index in [1.54, 1.807) is 6.92 Å². The summed E-state index contributed by atoms with van der Waals surface area (Å²) in [6, 6.07) is 5.87. The average Bonchev–Trinajstić information content (AvgIpc) is 2.85. The molecule has 102 valence electrons. The van der Waals surface area contributed by atoms with Gasteiger partial charge < -0.3 is 4.40 Å². The van der Waals surface area contributed by atoms with Crippen molar-refractivity contribution >= 4 is 11.4 Å². The highest BCUT2D eigenvalue weighted by Crippen LogP contribution is 2.21. The minimum absolute atomic E-state index is 0.0428. The fourth-order valence-corrected chi connectivity index (χ4v) is 2.71. The highest BCUT2D eigenvalue weighted by atomic mass is 16.1. The molecule has 0 N–H and O–H groups in total. The molecule has 0 bridgehead atoms. The Balaban J connectivity index is 1.92. The first kappa shape index (κ1) is 12.9. The third-order valence-electron chi connectivity index (χ3n) is 3.75. The van der Waals surface area contributed by atoms with Gasteiger partial charge in [-0.2, -0.15) is 0 Å². The minimum Gasteiger partial charge on any atom is -0.303 e. The molecule has 20 heavy (non-hydrogen) atoms. The van der Waals surface area contributed by atoms with Crippen molar-refractivity contribution < 1.29 is 4.79 Å². The van der Waals surface area contributed by atoms with Gasteiger partial charge in [-0.15, -0.1) is 0 Å². The zero-order valence-electron chi connectivity index (χ0n) is 11.7. The van der Waals surface area contributed by atoms with Gasteiger partial charge in [0.25, 0.3) is 0 Å². The molecular formula is C17H18N2O. The van der Waals surface area contributed by atoms with Crippen LogP contribution in [0.2, 0.25) is 0 Å². The van der Waals surface area contributed by atoms with Gasteiger partial charge in [0, 0.05) is 13.1 Å². The third-order valence-corrected chi connectivity index (χ3v) is 3.75. The summed E-state index contributed by atoms with van der Waals surface area (Å²) in [6.45, 7) is 1.59. The van der Waals surface area contributed by atoms with Gasteiger partial charge in [-0.25, -0.2) is 4.98 Å². The number of hydrogen-bond acceptors (Lipinski definition) is 2. The topological polar surface area (TPSA) is 34.4 Å². The molecule has 0 radical (unpaired) electrons. The standard InChI is InChI=1S/C17H18N2O/c1-13(20)17-15(11-10-14-7-3-2-4-8-14)19-12-6-5-9-16(19)18-17/h2-3,5-7,9,12H,4,8,10-11H2,1H3. The van der Waals surface area contributed by atoms with Crippen LogP contribution in [0.1, 0.15) is 42.4 Å². The van der Waals surface area contributed by atoms with E-state index in [1.165, 1.54) is 5.57 Å². The van der Waals surface area contributed by atoms with Crippen LogP contribution in [0.25, 0.3) is 5.65 Å². The summed E-state index contributed by atoms with van der Waals surface area (Å²) in [7, 11) is 0. The molecule has 0 atom stereocenters. The number of aromatic nitrogens is 2. The number of carbonyl (C=O) groups is 1. The zero-order chi connectivity index (χ0) is 13.9. The molecule has 0 amide bonds. The maximum atomic E-state index is 11.8. The first-order valence-electron chi connectivity index (χ1n) is 7.07. The van der Waals surface area contributed by atoms with Crippen LogP contribution < -0.4 is 0 Å². The fourth-order valence-electron chi connectivity index (χ4n) is 2.71. The number of fused-ring (bicyclic) bond motifs is 1. The molecule has 3 nitrogen and oxygen atoms in total. The Morgan fingerprint density at radius 1 is 1.35 bits per heavy atom. The maximum Gasteiger partial charge on any atom is 0.180 e. The van der Waals surface area contributed by atoms with Crippen molar-refractivity contribution in [3.05, 3.63) is 59.6 Å². The quantitative estimate of drug-likeness (QED) is 0.790. The first-order valence-corrected chi connectivity index (χ1v) is 7.07. The molecule has 1 aliphatic carbocycles. The molecule has 2 aromatic rings. The van der Waals surface area contributed by atoms with Crippen LogP contribution in [0.5, 0.6) is 0 Å². The summed E-state index contributed by atoms with van der Waals surface area (Å²) in [5.74, 6) is 0.0428. The highest BCUT2D eigenvalue weighted by Gasteiger charge is 2.15. The van der Waals surface area contributed by atoms with Crippen molar-refractivity contribution in [2.24, 2.45) is 0 Å². The number of hydrogen-bond donors (Lipinski definition) is 0. The molecule has 3 heteroatoms. The van der Waals surface area contributed by atoms with Crippen LogP contribution in [0, 0.1) is 0 Å². The molecule has 1 aliphatic rings. The van der Waals surface area contributed by atoms with E-state index in [0.29, 0.717) is 5.69 Å². The van der Waals surface area contributed by atoms with Crippen molar-refractivity contribution in [3.8, 4) is 0 Å². The number of Topliss-reactive ketones (excluding diaryl/α,β-unsaturated/α-hetero) is 1. The van der Waals surface area contributed by atoms with Crippen LogP contribution in [-0.2, 0) is 6.42 Å². The summed E-state index contributed by atoms with van der Waals surface area (Å²) < 4.78 is 2.04. The molecule has 3 rings (SSSR count). The van der Waals surface area contributed by atoms with E-state index >= 15 is 0 Å². The second-order valence-electron chi connectivity index (χ2n) is 5.18. The van der Waals surface area contributed by atoms with E-state index in [9.17, 15) is 4.79 Å². The monoisotopic (exact) mass is 266 g/mol. The zero-order valence-corrected chi connectivity index (χ0v) is 11.7. The summed E-state index contributed by atoms with van der Waals surface area (Å²) in [5.41, 5.74) is 3.95. The van der Waals surface area contributed by atoms with E-state index in [1.807, 2.05) is 28.8 Å². The van der Waals surface area contributed by atoms with Gasteiger partial charge in [0.15, 0.2) is 5.78 Å². The Hall–Kier alpha value is -2.16. The van der Waals surface area contributed by atoms with Crippen molar-refractivity contribution in [3.63, 3.8) is 0 Å². The molecule has 0 aliphatic heterocycles. The van der Waals surface area contributed by atoms with E-state index in [2.05, 4.69) is 23.2 Å². The van der Waals surface area contributed by atoms with Crippen LogP contribution in [0.4, 0.5) is 0 Å². The fraction of sp³-hybridized carbons (Fsp3) is 0.294. The molecule has 2 aromatic heterocycles. The van der Waals surface area contributed by atoms with Crippen molar-refractivity contribution in [1.29, 1.82) is 0 Å². The Labute approximate surface area is 118 Å². The lowest BCUT2D eigenvalue weighted by Crippen LogP contribution is -2.02. The van der Waals surface area contributed by atoms with E-state index in [-0.39, 0.29) is 5.78 Å². The van der Waals surface area contributed by atoms with Gasteiger partial charge in [0.2, 0.25) is 0 Å². The SMILES string of the molecule is CC(=O)c1nc2ccccn2c1CCC1=CC=CCC1. The predicted octanol–water partition coefficient (Wildman–Crippen LogP) is 3.75. The molecule has 0 saturated carbocycles. The Morgan fingerprint density at radius 2 is 2.25 bits per heavy atom. The number of aryl methyl sites for hydroxylation is 1. The van der Waals surface area contributed by atoms with E-state index in [4.69, 9.17) is 0 Å². The summed E-state index contributed by atoms with van der Waals surface area (Å²) in [5, 5.41) is 0. The first-order chi connectivity index (χ1) is 9.75. The molecule has 0 spiro atoms. The second-order valence-corrected chi connectivity index (χ2v) is 5.18. The van der Waals surface area contributed by atoms with Gasteiger partial charge in [-0.1, -0.05) is 29.9 Å². The smallest absolute Gasteiger partial charge is 0.180 e. The number of ketones is 1. The van der Waals surface area contributed by atoms with E-state index in [0.717, 1.165) is 37.0 Å². The van der Waals surface area contributed by atoms with E-state index < -0.39 is 0 Å². The summed E-state index contributed by atoms with van der Waals surface area (Å²) in [6.07, 6.45) is 12.6. The number of nitrogens with zero attached hydrogens (tertiary/aromatic N) is 2. The minimum atomic E-state index is 0.0428. The van der Waals surface area contributed by atoms with Crippen LogP contribution in [0.15, 0.2) is 48.2 Å². The lowest BCUT2D eigenvalue weighted by atomic mass is 9.99. The molecular weight excluding hydrogens is 248 g/mol. The van der Waals surface area contributed by atoms with Gasteiger partial charge in [0.05, 0.1) is 5.69 Å². The largest absolute Gasteiger partial charge is 0.303 e.